The third-order valence-corrected chi connectivity index (χ3v) is 3.05. The van der Waals surface area contributed by atoms with Crippen molar-refractivity contribution in [3.63, 3.8) is 0 Å². The molecule has 1 aromatic heterocycles. The number of aromatic nitrogens is 1. The first kappa shape index (κ1) is 12.6. The third kappa shape index (κ3) is 2.70. The zero-order chi connectivity index (χ0) is 13.1. The monoisotopic (exact) mass is 240 g/mol. The molecule has 0 amide bonds. The molecule has 2 heteroatoms. The largest absolute Gasteiger partial charge is 0.383 e. The second-order valence-electron chi connectivity index (χ2n) is 5.19. The summed E-state index contributed by atoms with van der Waals surface area (Å²) >= 11 is 0. The Labute approximate surface area is 109 Å². The minimum Gasteiger partial charge on any atom is -0.383 e. The first-order valence-corrected chi connectivity index (χ1v) is 6.38. The van der Waals surface area contributed by atoms with Gasteiger partial charge >= 0.3 is 0 Å². The molecule has 0 radical (unpaired) electrons. The van der Waals surface area contributed by atoms with E-state index in [1.54, 1.807) is 6.20 Å². The van der Waals surface area contributed by atoms with Gasteiger partial charge in [-0.2, -0.15) is 0 Å². The maximum absolute atomic E-state index is 5.99. The van der Waals surface area contributed by atoms with Crippen LogP contribution in [-0.2, 0) is 6.42 Å². The highest BCUT2D eigenvalue weighted by Gasteiger charge is 2.08. The number of rotatable bonds is 3. The van der Waals surface area contributed by atoms with Crippen molar-refractivity contribution in [1.29, 1.82) is 0 Å². The molecule has 2 rings (SSSR count). The number of hydrogen-bond acceptors (Lipinski definition) is 2. The normalized spacial score (nSPS) is 10.9. The van der Waals surface area contributed by atoms with E-state index in [0.29, 0.717) is 11.7 Å². The number of anilines is 1. The van der Waals surface area contributed by atoms with Crippen LogP contribution in [0.1, 0.15) is 25.0 Å². The van der Waals surface area contributed by atoms with Crippen LogP contribution in [0, 0.1) is 12.8 Å². The maximum atomic E-state index is 5.99. The van der Waals surface area contributed by atoms with Gasteiger partial charge in [0, 0.05) is 11.8 Å². The van der Waals surface area contributed by atoms with Crippen LogP contribution >= 0.6 is 0 Å². The first-order chi connectivity index (χ1) is 8.58. The fourth-order valence-electron chi connectivity index (χ4n) is 2.28. The summed E-state index contributed by atoms with van der Waals surface area (Å²) in [5.41, 5.74) is 10.7. The van der Waals surface area contributed by atoms with Gasteiger partial charge < -0.3 is 5.73 Å². The third-order valence-electron chi connectivity index (χ3n) is 3.05. The van der Waals surface area contributed by atoms with Crippen LogP contribution in [0.25, 0.3) is 11.1 Å². The number of nitrogens with two attached hydrogens (primary N) is 1. The summed E-state index contributed by atoms with van der Waals surface area (Å²) < 4.78 is 0. The van der Waals surface area contributed by atoms with E-state index >= 15 is 0 Å². The summed E-state index contributed by atoms with van der Waals surface area (Å²) in [5.74, 6) is 1.27. The van der Waals surface area contributed by atoms with Crippen molar-refractivity contribution in [2.45, 2.75) is 27.2 Å². The highest BCUT2D eigenvalue weighted by molar-refractivity contribution is 5.77. The van der Waals surface area contributed by atoms with E-state index < -0.39 is 0 Å². The predicted molar refractivity (Wildman–Crippen MR) is 77.4 cm³/mol. The smallest absolute Gasteiger partial charge is 0.131 e. The van der Waals surface area contributed by atoms with Gasteiger partial charge in [0.1, 0.15) is 5.82 Å². The molecule has 0 atom stereocenters. The van der Waals surface area contributed by atoms with Crippen LogP contribution in [0.3, 0.4) is 0 Å². The lowest BCUT2D eigenvalue weighted by Gasteiger charge is -2.11. The molecule has 1 aromatic carbocycles. The van der Waals surface area contributed by atoms with E-state index in [2.05, 4.69) is 50.0 Å². The first-order valence-electron chi connectivity index (χ1n) is 6.38. The molecule has 0 spiro atoms. The Hall–Kier alpha value is -1.83. The Morgan fingerprint density at radius 1 is 1.22 bits per heavy atom. The molecule has 0 aliphatic heterocycles. The van der Waals surface area contributed by atoms with Gasteiger partial charge in [-0.15, -0.1) is 0 Å². The lowest BCUT2D eigenvalue weighted by molar-refractivity contribution is 0.647. The van der Waals surface area contributed by atoms with Gasteiger partial charge in [-0.3, -0.25) is 0 Å². The molecule has 0 saturated heterocycles. The molecule has 0 saturated carbocycles. The Morgan fingerprint density at radius 3 is 2.67 bits per heavy atom. The molecule has 0 fully saturated rings. The van der Waals surface area contributed by atoms with Gasteiger partial charge in [0.2, 0.25) is 0 Å². The van der Waals surface area contributed by atoms with Crippen LogP contribution in [-0.4, -0.2) is 4.98 Å². The predicted octanol–water partition coefficient (Wildman–Crippen LogP) is 3.84. The lowest BCUT2D eigenvalue weighted by atomic mass is 9.96. The van der Waals surface area contributed by atoms with E-state index in [9.17, 15) is 0 Å². The Morgan fingerprint density at radius 2 is 2.00 bits per heavy atom. The standard InChI is InChI=1S/C16H20N2/c1-11(2)9-13-5-4-6-14(10-13)15-12(3)7-8-18-16(15)17/h4-8,10-11H,9H2,1-3H3,(H2,17,18). The van der Waals surface area contributed by atoms with Crippen LogP contribution in [0.4, 0.5) is 5.82 Å². The zero-order valence-electron chi connectivity index (χ0n) is 11.3. The summed E-state index contributed by atoms with van der Waals surface area (Å²) in [6.45, 7) is 6.54. The van der Waals surface area contributed by atoms with E-state index in [4.69, 9.17) is 5.73 Å². The van der Waals surface area contributed by atoms with Crippen LogP contribution in [0.15, 0.2) is 36.5 Å². The van der Waals surface area contributed by atoms with Crippen molar-refractivity contribution >= 4 is 5.82 Å². The van der Waals surface area contributed by atoms with Crippen molar-refractivity contribution in [1.82, 2.24) is 4.98 Å². The molecular formula is C16H20N2. The van der Waals surface area contributed by atoms with Crippen LogP contribution in [0.5, 0.6) is 0 Å². The molecular weight excluding hydrogens is 220 g/mol. The molecule has 1 heterocycles. The average molecular weight is 240 g/mol. The Kier molecular flexibility index (Phi) is 3.66. The van der Waals surface area contributed by atoms with Gasteiger partial charge in [-0.05, 0) is 42.0 Å². The molecule has 2 nitrogen and oxygen atoms in total. The number of hydrogen-bond donors (Lipinski definition) is 1. The number of nitrogens with zero attached hydrogens (tertiary/aromatic N) is 1. The molecule has 18 heavy (non-hydrogen) atoms. The molecule has 2 aromatic rings. The van der Waals surface area contributed by atoms with E-state index in [1.165, 1.54) is 11.1 Å². The molecule has 0 aliphatic rings. The second kappa shape index (κ2) is 5.21. The Bertz CT molecular complexity index is 524. The Balaban J connectivity index is 2.45. The topological polar surface area (TPSA) is 38.9 Å². The highest BCUT2D eigenvalue weighted by Crippen LogP contribution is 2.28. The number of aryl methyl sites for hydroxylation is 1. The quantitative estimate of drug-likeness (QED) is 0.885. The SMILES string of the molecule is Cc1ccnc(N)c1-c1cccc(CC(C)C)c1. The summed E-state index contributed by atoms with van der Waals surface area (Å²) in [4.78, 5) is 4.18. The summed E-state index contributed by atoms with van der Waals surface area (Å²) in [6, 6.07) is 10.6. The summed E-state index contributed by atoms with van der Waals surface area (Å²) in [6.07, 6.45) is 2.85. The summed E-state index contributed by atoms with van der Waals surface area (Å²) in [5, 5.41) is 0. The van der Waals surface area contributed by atoms with Gasteiger partial charge in [0.05, 0.1) is 0 Å². The number of nitrogen functional groups attached to an aromatic ring is 1. The van der Waals surface area contributed by atoms with E-state index in [-0.39, 0.29) is 0 Å². The van der Waals surface area contributed by atoms with Crippen LogP contribution in [0.2, 0.25) is 0 Å². The van der Waals surface area contributed by atoms with E-state index in [1.807, 2.05) is 6.07 Å². The number of pyridine rings is 1. The minimum absolute atomic E-state index is 0.608. The second-order valence-corrected chi connectivity index (χ2v) is 5.19. The number of benzene rings is 1. The minimum atomic E-state index is 0.608. The molecule has 94 valence electrons. The van der Waals surface area contributed by atoms with Crippen molar-refractivity contribution in [3.05, 3.63) is 47.7 Å². The van der Waals surface area contributed by atoms with Gasteiger partial charge in [0.25, 0.3) is 0 Å². The highest BCUT2D eigenvalue weighted by atomic mass is 14.8. The zero-order valence-corrected chi connectivity index (χ0v) is 11.3. The van der Waals surface area contributed by atoms with Crippen LogP contribution < -0.4 is 5.73 Å². The summed E-state index contributed by atoms with van der Waals surface area (Å²) in [7, 11) is 0. The van der Waals surface area contributed by atoms with Crippen molar-refractivity contribution < 1.29 is 0 Å². The fourth-order valence-corrected chi connectivity index (χ4v) is 2.28. The molecule has 2 N–H and O–H groups in total. The fraction of sp³-hybridized carbons (Fsp3) is 0.312. The average Bonchev–Trinajstić information content (AvgIpc) is 2.28. The maximum Gasteiger partial charge on any atom is 0.131 e. The van der Waals surface area contributed by atoms with Gasteiger partial charge in [0.15, 0.2) is 0 Å². The lowest BCUT2D eigenvalue weighted by Crippen LogP contribution is -1.98. The van der Waals surface area contributed by atoms with Crippen molar-refractivity contribution in [2.75, 3.05) is 5.73 Å². The van der Waals surface area contributed by atoms with Crippen molar-refractivity contribution in [3.8, 4) is 11.1 Å². The van der Waals surface area contributed by atoms with Crippen molar-refractivity contribution in [2.24, 2.45) is 5.92 Å². The molecule has 0 bridgehead atoms. The molecule has 0 aliphatic carbocycles. The van der Waals surface area contributed by atoms with Gasteiger partial charge in [-0.1, -0.05) is 38.1 Å². The molecule has 0 unspecified atom stereocenters. The van der Waals surface area contributed by atoms with E-state index in [0.717, 1.165) is 17.5 Å². The van der Waals surface area contributed by atoms with Gasteiger partial charge in [-0.25, -0.2) is 4.98 Å².